The van der Waals surface area contributed by atoms with Crippen LogP contribution in [0.3, 0.4) is 0 Å². The standard InChI is InChI=1S/C14H15N3OS/c18-14-7-10(14)3-4-17(8-14)13-6-11(15-9-16-13)12-2-1-5-19-12/h1-2,5-6,9-10,18H,3-4,7-8H2/t10-,14+/m1/s1. The Kier molecular flexibility index (Phi) is 2.40. The van der Waals surface area contributed by atoms with Crippen molar-refractivity contribution in [2.24, 2.45) is 5.92 Å². The summed E-state index contributed by atoms with van der Waals surface area (Å²) in [4.78, 5) is 12.0. The molecular formula is C14H15N3OS. The lowest BCUT2D eigenvalue weighted by atomic mass is 10.1. The van der Waals surface area contributed by atoms with Crippen molar-refractivity contribution in [1.29, 1.82) is 0 Å². The van der Waals surface area contributed by atoms with Gasteiger partial charge < -0.3 is 10.0 Å². The van der Waals surface area contributed by atoms with Gasteiger partial charge in [0.2, 0.25) is 0 Å². The Morgan fingerprint density at radius 1 is 1.42 bits per heavy atom. The molecule has 1 aliphatic heterocycles. The molecule has 0 amide bonds. The Morgan fingerprint density at radius 3 is 3.16 bits per heavy atom. The first-order valence-electron chi connectivity index (χ1n) is 6.58. The van der Waals surface area contributed by atoms with Crippen LogP contribution < -0.4 is 4.90 Å². The van der Waals surface area contributed by atoms with Crippen molar-refractivity contribution >= 4 is 17.2 Å². The van der Waals surface area contributed by atoms with E-state index in [1.165, 1.54) is 0 Å². The van der Waals surface area contributed by atoms with E-state index >= 15 is 0 Å². The molecule has 0 aromatic carbocycles. The van der Waals surface area contributed by atoms with Gasteiger partial charge in [0.1, 0.15) is 12.1 Å². The largest absolute Gasteiger partial charge is 0.388 e. The topological polar surface area (TPSA) is 49.2 Å². The number of rotatable bonds is 2. The highest BCUT2D eigenvalue weighted by Crippen LogP contribution is 2.49. The van der Waals surface area contributed by atoms with Crippen LogP contribution in [0.4, 0.5) is 5.82 Å². The van der Waals surface area contributed by atoms with E-state index in [1.54, 1.807) is 17.7 Å². The van der Waals surface area contributed by atoms with Gasteiger partial charge in [0, 0.05) is 19.2 Å². The SMILES string of the molecule is O[C@]12C[C@H]1CCN(c1cc(-c3cccs3)ncn1)C2. The molecule has 98 valence electrons. The maximum atomic E-state index is 10.3. The first-order chi connectivity index (χ1) is 9.24. The summed E-state index contributed by atoms with van der Waals surface area (Å²) < 4.78 is 0. The van der Waals surface area contributed by atoms with Gasteiger partial charge in [0.15, 0.2) is 0 Å². The fourth-order valence-corrected chi connectivity index (χ4v) is 3.62. The van der Waals surface area contributed by atoms with Gasteiger partial charge in [-0.05, 0) is 30.2 Å². The predicted molar refractivity (Wildman–Crippen MR) is 75.2 cm³/mol. The molecule has 1 aliphatic carbocycles. The van der Waals surface area contributed by atoms with E-state index in [0.29, 0.717) is 12.5 Å². The average molecular weight is 273 g/mol. The average Bonchev–Trinajstić information content (AvgIpc) is 2.87. The lowest BCUT2D eigenvalue weighted by Crippen LogP contribution is -2.40. The minimum atomic E-state index is -0.452. The minimum absolute atomic E-state index is 0.452. The molecular weight excluding hydrogens is 258 g/mol. The van der Waals surface area contributed by atoms with Crippen LogP contribution in [0.1, 0.15) is 12.8 Å². The van der Waals surface area contributed by atoms with Crippen LogP contribution in [0.15, 0.2) is 29.9 Å². The van der Waals surface area contributed by atoms with Crippen molar-refractivity contribution in [3.8, 4) is 10.6 Å². The van der Waals surface area contributed by atoms with Gasteiger partial charge in [0.25, 0.3) is 0 Å². The van der Waals surface area contributed by atoms with Crippen LogP contribution in [-0.2, 0) is 0 Å². The van der Waals surface area contributed by atoms with Gasteiger partial charge in [-0.2, -0.15) is 0 Å². The van der Waals surface area contributed by atoms with E-state index in [2.05, 4.69) is 26.3 Å². The zero-order chi connectivity index (χ0) is 12.9. The molecule has 2 fully saturated rings. The van der Waals surface area contributed by atoms with Gasteiger partial charge in [0.05, 0.1) is 16.2 Å². The molecule has 1 saturated heterocycles. The highest BCUT2D eigenvalue weighted by Gasteiger charge is 2.55. The maximum absolute atomic E-state index is 10.3. The number of fused-ring (bicyclic) bond motifs is 1. The van der Waals surface area contributed by atoms with Crippen molar-refractivity contribution in [2.45, 2.75) is 18.4 Å². The fraction of sp³-hybridized carbons (Fsp3) is 0.429. The second-order valence-electron chi connectivity index (χ2n) is 5.45. The van der Waals surface area contributed by atoms with E-state index < -0.39 is 5.60 Å². The second-order valence-corrected chi connectivity index (χ2v) is 6.40. The van der Waals surface area contributed by atoms with Crippen molar-refractivity contribution < 1.29 is 5.11 Å². The zero-order valence-corrected chi connectivity index (χ0v) is 11.3. The van der Waals surface area contributed by atoms with E-state index in [-0.39, 0.29) is 0 Å². The zero-order valence-electron chi connectivity index (χ0n) is 10.5. The molecule has 0 unspecified atom stereocenters. The molecule has 3 heterocycles. The monoisotopic (exact) mass is 273 g/mol. The highest BCUT2D eigenvalue weighted by molar-refractivity contribution is 7.13. The lowest BCUT2D eigenvalue weighted by molar-refractivity contribution is 0.124. The van der Waals surface area contributed by atoms with Crippen molar-refractivity contribution in [3.63, 3.8) is 0 Å². The van der Waals surface area contributed by atoms with E-state index in [0.717, 1.165) is 35.8 Å². The van der Waals surface area contributed by atoms with Crippen molar-refractivity contribution in [1.82, 2.24) is 9.97 Å². The van der Waals surface area contributed by atoms with Gasteiger partial charge >= 0.3 is 0 Å². The van der Waals surface area contributed by atoms with Gasteiger partial charge in [-0.15, -0.1) is 11.3 Å². The number of aromatic nitrogens is 2. The third kappa shape index (κ3) is 1.93. The van der Waals surface area contributed by atoms with Crippen LogP contribution in [0.5, 0.6) is 0 Å². The summed E-state index contributed by atoms with van der Waals surface area (Å²) in [6.45, 7) is 1.69. The molecule has 5 heteroatoms. The maximum Gasteiger partial charge on any atom is 0.132 e. The summed E-state index contributed by atoms with van der Waals surface area (Å²) in [6, 6.07) is 6.12. The van der Waals surface area contributed by atoms with Gasteiger partial charge in [-0.3, -0.25) is 0 Å². The first-order valence-corrected chi connectivity index (χ1v) is 7.46. The van der Waals surface area contributed by atoms with Gasteiger partial charge in [-0.1, -0.05) is 6.07 Å². The summed E-state index contributed by atoms with van der Waals surface area (Å²) in [5.41, 5.74) is 0.511. The summed E-state index contributed by atoms with van der Waals surface area (Å²) >= 11 is 1.68. The quantitative estimate of drug-likeness (QED) is 0.911. The molecule has 4 rings (SSSR count). The molecule has 0 bridgehead atoms. The van der Waals surface area contributed by atoms with Crippen LogP contribution in [0.25, 0.3) is 10.6 Å². The molecule has 1 saturated carbocycles. The number of thiophene rings is 1. The van der Waals surface area contributed by atoms with Crippen LogP contribution in [0, 0.1) is 5.92 Å². The molecule has 19 heavy (non-hydrogen) atoms. The Hall–Kier alpha value is -1.46. The number of nitrogens with zero attached hydrogens (tertiary/aromatic N) is 3. The molecule has 2 aromatic heterocycles. The number of piperidine rings is 1. The Bertz CT molecular complexity index is 600. The molecule has 2 atom stereocenters. The lowest BCUT2D eigenvalue weighted by Gasteiger charge is -2.30. The summed E-state index contributed by atoms with van der Waals surface area (Å²) in [6.07, 6.45) is 3.63. The molecule has 0 radical (unpaired) electrons. The Balaban J connectivity index is 1.63. The molecule has 2 aromatic rings. The molecule has 2 aliphatic rings. The number of hydrogen-bond donors (Lipinski definition) is 1. The van der Waals surface area contributed by atoms with Crippen LogP contribution in [0.2, 0.25) is 0 Å². The predicted octanol–water partition coefficient (Wildman–Crippen LogP) is 2.17. The second kappa shape index (κ2) is 4.02. The molecule has 1 N–H and O–H groups in total. The van der Waals surface area contributed by atoms with E-state index in [9.17, 15) is 5.11 Å². The number of hydrogen-bond acceptors (Lipinski definition) is 5. The Morgan fingerprint density at radius 2 is 2.37 bits per heavy atom. The third-order valence-corrected chi connectivity index (χ3v) is 5.05. The van der Waals surface area contributed by atoms with Crippen molar-refractivity contribution in [2.75, 3.05) is 18.0 Å². The third-order valence-electron chi connectivity index (χ3n) is 4.16. The summed E-state index contributed by atoms with van der Waals surface area (Å²) in [7, 11) is 0. The fourth-order valence-electron chi connectivity index (χ4n) is 2.93. The molecule has 4 nitrogen and oxygen atoms in total. The smallest absolute Gasteiger partial charge is 0.132 e. The Labute approximate surface area is 115 Å². The number of β-amino-alcohol motifs (C(OH)–C–C–N with tert-alkyl or cyclic N) is 1. The summed E-state index contributed by atoms with van der Waals surface area (Å²) in [5.74, 6) is 1.44. The molecule has 0 spiro atoms. The van der Waals surface area contributed by atoms with Crippen molar-refractivity contribution in [3.05, 3.63) is 29.9 Å². The highest BCUT2D eigenvalue weighted by atomic mass is 32.1. The number of aliphatic hydroxyl groups is 1. The summed E-state index contributed by atoms with van der Waals surface area (Å²) in [5, 5.41) is 12.3. The van der Waals surface area contributed by atoms with Gasteiger partial charge in [-0.25, -0.2) is 9.97 Å². The normalized spacial score (nSPS) is 29.1. The van der Waals surface area contributed by atoms with Crippen LogP contribution >= 0.6 is 11.3 Å². The van der Waals surface area contributed by atoms with E-state index in [4.69, 9.17) is 0 Å². The van der Waals surface area contributed by atoms with Crippen LogP contribution in [-0.4, -0.2) is 33.8 Å². The van der Waals surface area contributed by atoms with E-state index in [1.807, 2.05) is 12.1 Å². The first kappa shape index (κ1) is 11.4. The number of anilines is 1. The minimum Gasteiger partial charge on any atom is -0.388 e.